The zero-order chi connectivity index (χ0) is 10.9. The predicted octanol–water partition coefficient (Wildman–Crippen LogP) is 1.26. The van der Waals surface area contributed by atoms with Crippen LogP contribution in [0.1, 0.15) is 46.0 Å². The van der Waals surface area contributed by atoms with Crippen LogP contribution in [0, 0.1) is 0 Å². The van der Waals surface area contributed by atoms with Crippen LogP contribution >= 0.6 is 0 Å². The van der Waals surface area contributed by atoms with E-state index in [4.69, 9.17) is 10.8 Å². The van der Waals surface area contributed by atoms with Gasteiger partial charge in [0.25, 0.3) is 0 Å². The van der Waals surface area contributed by atoms with Gasteiger partial charge in [0.2, 0.25) is 0 Å². The molecule has 0 spiro atoms. The van der Waals surface area contributed by atoms with E-state index in [-0.39, 0.29) is 5.54 Å². The molecule has 0 saturated heterocycles. The summed E-state index contributed by atoms with van der Waals surface area (Å²) in [5, 5.41) is 12.2. The third kappa shape index (κ3) is 4.94. The highest BCUT2D eigenvalue weighted by Crippen LogP contribution is 2.13. The molecule has 0 radical (unpaired) electrons. The summed E-state index contributed by atoms with van der Waals surface area (Å²) in [6.07, 6.45) is 5.30. The first-order chi connectivity index (χ1) is 6.74. The quantitative estimate of drug-likeness (QED) is 0.493. The SMILES string of the molecule is CCC(CC)(CN)NCCCCCO. The van der Waals surface area contributed by atoms with Crippen LogP contribution in [0.2, 0.25) is 0 Å². The van der Waals surface area contributed by atoms with Gasteiger partial charge in [0.1, 0.15) is 0 Å². The lowest BCUT2D eigenvalue weighted by Crippen LogP contribution is -2.50. The average molecular weight is 202 g/mol. The van der Waals surface area contributed by atoms with Gasteiger partial charge in [-0.05, 0) is 38.6 Å². The van der Waals surface area contributed by atoms with Crippen LogP contribution in [0.5, 0.6) is 0 Å². The lowest BCUT2D eigenvalue weighted by Gasteiger charge is -2.31. The van der Waals surface area contributed by atoms with Gasteiger partial charge in [0, 0.05) is 18.7 Å². The number of aliphatic hydroxyl groups is 1. The molecule has 0 aromatic carbocycles. The molecule has 86 valence electrons. The number of nitrogens with one attached hydrogen (secondary N) is 1. The normalized spacial score (nSPS) is 12.0. The molecule has 0 atom stereocenters. The van der Waals surface area contributed by atoms with Crippen LogP contribution < -0.4 is 11.1 Å². The molecule has 0 fully saturated rings. The summed E-state index contributed by atoms with van der Waals surface area (Å²) in [5.41, 5.74) is 5.91. The van der Waals surface area contributed by atoms with E-state index >= 15 is 0 Å². The van der Waals surface area contributed by atoms with Crippen molar-refractivity contribution in [2.24, 2.45) is 5.73 Å². The molecule has 0 rings (SSSR count). The fourth-order valence-corrected chi connectivity index (χ4v) is 1.63. The Kier molecular flexibility index (Phi) is 8.14. The maximum absolute atomic E-state index is 8.62. The summed E-state index contributed by atoms with van der Waals surface area (Å²) < 4.78 is 0. The Labute approximate surface area is 88.1 Å². The Balaban J connectivity index is 3.61. The Hall–Kier alpha value is -0.120. The zero-order valence-corrected chi connectivity index (χ0v) is 9.68. The second-order valence-corrected chi connectivity index (χ2v) is 3.90. The minimum absolute atomic E-state index is 0.138. The van der Waals surface area contributed by atoms with Crippen LogP contribution in [0.4, 0.5) is 0 Å². The van der Waals surface area contributed by atoms with Gasteiger partial charge in [-0.1, -0.05) is 13.8 Å². The lowest BCUT2D eigenvalue weighted by atomic mass is 9.93. The van der Waals surface area contributed by atoms with Crippen molar-refractivity contribution in [3.8, 4) is 0 Å². The van der Waals surface area contributed by atoms with Gasteiger partial charge in [0.05, 0.1) is 0 Å². The van der Waals surface area contributed by atoms with E-state index in [1.165, 1.54) is 0 Å². The highest BCUT2D eigenvalue weighted by atomic mass is 16.2. The molecule has 4 N–H and O–H groups in total. The molecule has 0 unspecified atom stereocenters. The molecule has 0 amide bonds. The molecule has 0 heterocycles. The summed E-state index contributed by atoms with van der Waals surface area (Å²) >= 11 is 0. The number of hydrogen-bond acceptors (Lipinski definition) is 3. The summed E-state index contributed by atoms with van der Waals surface area (Å²) in [6.45, 7) is 6.39. The van der Waals surface area contributed by atoms with Crippen molar-refractivity contribution in [1.82, 2.24) is 5.32 Å². The van der Waals surface area contributed by atoms with Gasteiger partial charge in [0.15, 0.2) is 0 Å². The largest absolute Gasteiger partial charge is 0.396 e. The summed E-state index contributed by atoms with van der Waals surface area (Å²) in [6, 6.07) is 0. The molecular formula is C11H26N2O. The van der Waals surface area contributed by atoms with E-state index in [2.05, 4.69) is 19.2 Å². The van der Waals surface area contributed by atoms with Crippen LogP contribution in [0.25, 0.3) is 0 Å². The number of unbranched alkanes of at least 4 members (excludes halogenated alkanes) is 2. The van der Waals surface area contributed by atoms with Crippen molar-refractivity contribution < 1.29 is 5.11 Å². The van der Waals surface area contributed by atoms with E-state index in [0.717, 1.165) is 38.6 Å². The molecule has 0 aliphatic carbocycles. The maximum atomic E-state index is 8.62. The van der Waals surface area contributed by atoms with Gasteiger partial charge < -0.3 is 16.2 Å². The smallest absolute Gasteiger partial charge is 0.0431 e. The van der Waals surface area contributed by atoms with Crippen molar-refractivity contribution in [3.63, 3.8) is 0 Å². The molecule has 3 nitrogen and oxygen atoms in total. The molecule has 3 heteroatoms. The lowest BCUT2D eigenvalue weighted by molar-refractivity contribution is 0.276. The Morgan fingerprint density at radius 1 is 1.14 bits per heavy atom. The van der Waals surface area contributed by atoms with Gasteiger partial charge in [-0.2, -0.15) is 0 Å². The van der Waals surface area contributed by atoms with Gasteiger partial charge in [-0.25, -0.2) is 0 Å². The fraction of sp³-hybridized carbons (Fsp3) is 1.00. The van der Waals surface area contributed by atoms with Crippen molar-refractivity contribution >= 4 is 0 Å². The van der Waals surface area contributed by atoms with Crippen LogP contribution in [0.15, 0.2) is 0 Å². The topological polar surface area (TPSA) is 58.3 Å². The third-order valence-electron chi connectivity index (χ3n) is 3.08. The second-order valence-electron chi connectivity index (χ2n) is 3.90. The van der Waals surface area contributed by atoms with Crippen molar-refractivity contribution in [2.75, 3.05) is 19.7 Å². The Morgan fingerprint density at radius 2 is 1.79 bits per heavy atom. The summed E-state index contributed by atoms with van der Waals surface area (Å²) in [7, 11) is 0. The molecule has 0 aliphatic rings. The van der Waals surface area contributed by atoms with Gasteiger partial charge in [-0.3, -0.25) is 0 Å². The number of hydrogen-bond donors (Lipinski definition) is 3. The fourth-order valence-electron chi connectivity index (χ4n) is 1.63. The first-order valence-corrected chi connectivity index (χ1v) is 5.80. The van der Waals surface area contributed by atoms with E-state index in [9.17, 15) is 0 Å². The zero-order valence-electron chi connectivity index (χ0n) is 9.68. The standard InChI is InChI=1S/C11H26N2O/c1-3-11(4-2,10-12)13-8-6-5-7-9-14/h13-14H,3-10,12H2,1-2H3. The van der Waals surface area contributed by atoms with Crippen molar-refractivity contribution in [3.05, 3.63) is 0 Å². The summed E-state index contributed by atoms with van der Waals surface area (Å²) in [5.74, 6) is 0. The molecule has 0 bridgehead atoms. The molecule has 0 saturated carbocycles. The highest BCUT2D eigenvalue weighted by molar-refractivity contribution is 4.86. The van der Waals surface area contributed by atoms with E-state index in [1.807, 2.05) is 0 Å². The number of rotatable bonds is 9. The predicted molar refractivity (Wildman–Crippen MR) is 61.3 cm³/mol. The van der Waals surface area contributed by atoms with Gasteiger partial charge in [-0.15, -0.1) is 0 Å². The Bertz CT molecular complexity index is 116. The van der Waals surface area contributed by atoms with Crippen LogP contribution in [-0.2, 0) is 0 Å². The van der Waals surface area contributed by atoms with Crippen molar-refractivity contribution in [2.45, 2.75) is 51.5 Å². The highest BCUT2D eigenvalue weighted by Gasteiger charge is 2.22. The average Bonchev–Trinajstić information content (AvgIpc) is 2.24. The first kappa shape index (κ1) is 13.9. The van der Waals surface area contributed by atoms with E-state index in [1.54, 1.807) is 0 Å². The monoisotopic (exact) mass is 202 g/mol. The molecule has 0 aromatic heterocycles. The third-order valence-corrected chi connectivity index (χ3v) is 3.08. The molecule has 0 aliphatic heterocycles. The molecule has 0 aromatic rings. The van der Waals surface area contributed by atoms with Gasteiger partial charge >= 0.3 is 0 Å². The van der Waals surface area contributed by atoms with Crippen LogP contribution in [0.3, 0.4) is 0 Å². The first-order valence-electron chi connectivity index (χ1n) is 5.80. The number of aliphatic hydroxyl groups excluding tert-OH is 1. The molecule has 14 heavy (non-hydrogen) atoms. The second kappa shape index (κ2) is 8.21. The minimum atomic E-state index is 0.138. The van der Waals surface area contributed by atoms with Crippen molar-refractivity contribution in [1.29, 1.82) is 0 Å². The summed E-state index contributed by atoms with van der Waals surface area (Å²) in [4.78, 5) is 0. The molecular weight excluding hydrogens is 176 g/mol. The Morgan fingerprint density at radius 3 is 2.21 bits per heavy atom. The minimum Gasteiger partial charge on any atom is -0.396 e. The van der Waals surface area contributed by atoms with Crippen LogP contribution in [-0.4, -0.2) is 30.3 Å². The van der Waals surface area contributed by atoms with E-state index < -0.39 is 0 Å². The van der Waals surface area contributed by atoms with E-state index in [0.29, 0.717) is 13.2 Å². The maximum Gasteiger partial charge on any atom is 0.0431 e. The number of nitrogens with two attached hydrogens (primary N) is 1.